The molecule has 0 aliphatic heterocycles. The highest BCUT2D eigenvalue weighted by Crippen LogP contribution is 2.08. The van der Waals surface area contributed by atoms with Gasteiger partial charge in [0.2, 0.25) is 0 Å². The molecule has 1 amide bonds. The van der Waals surface area contributed by atoms with Crippen LogP contribution in [0.5, 0.6) is 0 Å². The van der Waals surface area contributed by atoms with Crippen molar-refractivity contribution in [1.29, 1.82) is 0 Å². The number of carbonyl (C=O) groups is 1. The smallest absolute Gasteiger partial charge is 0.408 e. The number of alkyl carbamates (subject to hydrolysis) is 1. The average Bonchev–Trinajstić information content (AvgIpc) is 2.19. The Kier molecular flexibility index (Phi) is 6.70. The number of hydrogen-bond donors (Lipinski definition) is 1. The van der Waals surface area contributed by atoms with Crippen LogP contribution in [0, 0.1) is 0 Å². The number of amides is 1. The highest BCUT2D eigenvalue weighted by molar-refractivity contribution is 5.68. The fourth-order valence-electron chi connectivity index (χ4n) is 1.19. The summed E-state index contributed by atoms with van der Waals surface area (Å²) >= 11 is 0. The highest BCUT2D eigenvalue weighted by Gasteiger charge is 2.21. The van der Waals surface area contributed by atoms with Crippen molar-refractivity contribution in [2.75, 3.05) is 6.61 Å². The average molecular weight is 255 g/mol. The molecule has 0 spiro atoms. The van der Waals surface area contributed by atoms with E-state index >= 15 is 0 Å². The Morgan fingerprint density at radius 3 is 2.39 bits per heavy atom. The van der Waals surface area contributed by atoms with E-state index in [-0.39, 0.29) is 12.1 Å². The third kappa shape index (κ3) is 7.90. The van der Waals surface area contributed by atoms with E-state index < -0.39 is 11.7 Å². The highest BCUT2D eigenvalue weighted by atomic mass is 16.6. The van der Waals surface area contributed by atoms with Gasteiger partial charge in [-0.2, -0.15) is 0 Å². The lowest BCUT2D eigenvalue weighted by Gasteiger charge is -2.25. The van der Waals surface area contributed by atoms with Crippen LogP contribution in [0.2, 0.25) is 0 Å². The standard InChI is InChI=1S/C14H25NO3/c1-8-12(11(4)17-9-10(2)3)15-13(16)18-14(5,6)7/h8,11-12H,1-2,9H2,3-7H3,(H,15,16)/t11-,12-/m1/s1. The zero-order chi connectivity index (χ0) is 14.3. The first-order valence-corrected chi connectivity index (χ1v) is 6.03. The summed E-state index contributed by atoms with van der Waals surface area (Å²) in [5.74, 6) is 0. The van der Waals surface area contributed by atoms with E-state index in [1.54, 1.807) is 6.08 Å². The molecule has 0 aliphatic carbocycles. The molecule has 0 heterocycles. The number of carbonyl (C=O) groups excluding carboxylic acids is 1. The van der Waals surface area contributed by atoms with Crippen molar-refractivity contribution in [3.05, 3.63) is 24.8 Å². The lowest BCUT2D eigenvalue weighted by molar-refractivity contribution is 0.0357. The molecule has 0 saturated heterocycles. The van der Waals surface area contributed by atoms with Gasteiger partial charge in [-0.15, -0.1) is 6.58 Å². The molecule has 2 atom stereocenters. The summed E-state index contributed by atoms with van der Waals surface area (Å²) in [5, 5.41) is 2.71. The second-order valence-electron chi connectivity index (χ2n) is 5.38. The number of nitrogens with one attached hydrogen (secondary N) is 1. The van der Waals surface area contributed by atoms with Crippen molar-refractivity contribution in [3.63, 3.8) is 0 Å². The molecule has 0 radical (unpaired) electrons. The minimum Gasteiger partial charge on any atom is -0.444 e. The zero-order valence-electron chi connectivity index (χ0n) is 12.1. The monoisotopic (exact) mass is 255 g/mol. The predicted molar refractivity (Wildman–Crippen MR) is 73.6 cm³/mol. The number of hydrogen-bond acceptors (Lipinski definition) is 3. The Balaban J connectivity index is 4.29. The van der Waals surface area contributed by atoms with E-state index in [2.05, 4.69) is 18.5 Å². The first-order chi connectivity index (χ1) is 8.15. The first kappa shape index (κ1) is 16.7. The molecule has 0 aromatic heterocycles. The Morgan fingerprint density at radius 1 is 1.44 bits per heavy atom. The molecule has 0 rings (SSSR count). The van der Waals surface area contributed by atoms with Crippen LogP contribution in [-0.2, 0) is 9.47 Å². The normalized spacial score (nSPS) is 14.5. The van der Waals surface area contributed by atoms with Gasteiger partial charge in [0.25, 0.3) is 0 Å². The Morgan fingerprint density at radius 2 is 2.00 bits per heavy atom. The van der Waals surface area contributed by atoms with E-state index in [0.29, 0.717) is 6.61 Å². The largest absolute Gasteiger partial charge is 0.444 e. The summed E-state index contributed by atoms with van der Waals surface area (Å²) in [5.41, 5.74) is 0.416. The molecule has 0 saturated carbocycles. The minimum atomic E-state index is -0.516. The van der Waals surface area contributed by atoms with Gasteiger partial charge in [-0.1, -0.05) is 18.2 Å². The molecule has 4 nitrogen and oxygen atoms in total. The maximum absolute atomic E-state index is 11.6. The van der Waals surface area contributed by atoms with Crippen LogP contribution < -0.4 is 5.32 Å². The van der Waals surface area contributed by atoms with Gasteiger partial charge in [0.15, 0.2) is 0 Å². The molecule has 0 aliphatic rings. The van der Waals surface area contributed by atoms with Gasteiger partial charge < -0.3 is 14.8 Å². The summed E-state index contributed by atoms with van der Waals surface area (Å²) in [7, 11) is 0. The summed E-state index contributed by atoms with van der Waals surface area (Å²) < 4.78 is 10.7. The maximum atomic E-state index is 11.6. The van der Waals surface area contributed by atoms with Crippen LogP contribution in [-0.4, -0.2) is 30.4 Å². The molecule has 1 N–H and O–H groups in total. The fourth-order valence-corrected chi connectivity index (χ4v) is 1.19. The van der Waals surface area contributed by atoms with Crippen LogP contribution in [0.1, 0.15) is 34.6 Å². The third-order valence-electron chi connectivity index (χ3n) is 2.04. The van der Waals surface area contributed by atoms with Crippen molar-refractivity contribution in [2.45, 2.75) is 52.4 Å². The Hall–Kier alpha value is -1.29. The van der Waals surface area contributed by atoms with Crippen molar-refractivity contribution in [3.8, 4) is 0 Å². The quantitative estimate of drug-likeness (QED) is 0.742. The maximum Gasteiger partial charge on any atom is 0.408 e. The molecule has 0 unspecified atom stereocenters. The first-order valence-electron chi connectivity index (χ1n) is 6.03. The summed E-state index contributed by atoms with van der Waals surface area (Å²) in [4.78, 5) is 11.6. The van der Waals surface area contributed by atoms with Gasteiger partial charge in [-0.05, 0) is 34.6 Å². The second-order valence-corrected chi connectivity index (χ2v) is 5.38. The molecule has 4 heteroatoms. The van der Waals surface area contributed by atoms with Crippen LogP contribution in [0.3, 0.4) is 0 Å². The summed E-state index contributed by atoms with van der Waals surface area (Å²) in [6.07, 6.45) is 0.970. The Bertz CT molecular complexity index is 305. The molecular formula is C14H25NO3. The summed E-state index contributed by atoms with van der Waals surface area (Å²) in [6.45, 7) is 17.1. The molecular weight excluding hydrogens is 230 g/mol. The molecule has 18 heavy (non-hydrogen) atoms. The van der Waals surface area contributed by atoms with Crippen molar-refractivity contribution in [1.82, 2.24) is 5.32 Å². The number of ether oxygens (including phenoxy) is 2. The van der Waals surface area contributed by atoms with Gasteiger partial charge in [0, 0.05) is 0 Å². The predicted octanol–water partition coefficient (Wildman–Crippen LogP) is 3.05. The second kappa shape index (κ2) is 7.21. The van der Waals surface area contributed by atoms with Crippen LogP contribution >= 0.6 is 0 Å². The molecule has 0 aromatic carbocycles. The number of rotatable bonds is 6. The molecule has 104 valence electrons. The van der Waals surface area contributed by atoms with Crippen LogP contribution in [0.15, 0.2) is 24.8 Å². The van der Waals surface area contributed by atoms with Gasteiger partial charge >= 0.3 is 6.09 Å². The van der Waals surface area contributed by atoms with E-state index in [1.165, 1.54) is 0 Å². The van der Waals surface area contributed by atoms with E-state index in [4.69, 9.17) is 9.47 Å². The van der Waals surface area contributed by atoms with Crippen LogP contribution in [0.25, 0.3) is 0 Å². The van der Waals surface area contributed by atoms with Crippen molar-refractivity contribution >= 4 is 6.09 Å². The fraction of sp³-hybridized carbons (Fsp3) is 0.643. The minimum absolute atomic E-state index is 0.188. The van der Waals surface area contributed by atoms with Gasteiger partial charge in [-0.3, -0.25) is 0 Å². The summed E-state index contributed by atoms with van der Waals surface area (Å²) in [6, 6.07) is -0.292. The SMILES string of the molecule is C=C[C@@H](NC(=O)OC(C)(C)C)[C@@H](C)OCC(=C)C. The molecule has 0 bridgehead atoms. The zero-order valence-corrected chi connectivity index (χ0v) is 12.1. The topological polar surface area (TPSA) is 47.6 Å². The van der Waals surface area contributed by atoms with Crippen molar-refractivity contribution in [2.24, 2.45) is 0 Å². The molecule has 0 aromatic rings. The Labute approximate surface area is 110 Å². The van der Waals surface area contributed by atoms with E-state index in [0.717, 1.165) is 5.57 Å². The van der Waals surface area contributed by atoms with Gasteiger partial charge in [0.05, 0.1) is 18.8 Å². The van der Waals surface area contributed by atoms with Crippen LogP contribution in [0.4, 0.5) is 4.79 Å². The van der Waals surface area contributed by atoms with Gasteiger partial charge in [-0.25, -0.2) is 4.79 Å². The van der Waals surface area contributed by atoms with E-state index in [9.17, 15) is 4.79 Å². The third-order valence-corrected chi connectivity index (χ3v) is 2.04. The van der Waals surface area contributed by atoms with Crippen molar-refractivity contribution < 1.29 is 14.3 Å². The van der Waals surface area contributed by atoms with E-state index in [1.807, 2.05) is 34.6 Å². The lowest BCUT2D eigenvalue weighted by Crippen LogP contribution is -2.44. The lowest BCUT2D eigenvalue weighted by atomic mass is 10.2. The van der Waals surface area contributed by atoms with Gasteiger partial charge in [0.1, 0.15) is 5.60 Å². The molecule has 0 fully saturated rings.